The van der Waals surface area contributed by atoms with Gasteiger partial charge < -0.3 is 20.3 Å². The molecule has 0 atom stereocenters. The van der Waals surface area contributed by atoms with Gasteiger partial charge in [0.25, 0.3) is 5.91 Å². The van der Waals surface area contributed by atoms with Gasteiger partial charge in [-0.3, -0.25) is 4.79 Å². The summed E-state index contributed by atoms with van der Waals surface area (Å²) in [6, 6.07) is 7.27. The average Bonchev–Trinajstić information content (AvgIpc) is 2.53. The molecule has 1 amide bonds. The molecule has 1 aliphatic rings. The van der Waals surface area contributed by atoms with Crippen LogP contribution in [-0.2, 0) is 0 Å². The Balaban J connectivity index is 0.00000242. The predicted molar refractivity (Wildman–Crippen MR) is 91.1 cm³/mol. The summed E-state index contributed by atoms with van der Waals surface area (Å²) in [5.41, 5.74) is 0.681. The molecule has 1 heterocycles. The van der Waals surface area contributed by atoms with E-state index in [1.807, 2.05) is 19.1 Å². The molecule has 124 valence electrons. The number of hydrogen-bond acceptors (Lipinski definition) is 4. The van der Waals surface area contributed by atoms with Crippen LogP contribution in [0.1, 0.15) is 23.7 Å². The van der Waals surface area contributed by atoms with E-state index in [1.165, 1.54) is 0 Å². The third kappa shape index (κ3) is 6.22. The van der Waals surface area contributed by atoms with Gasteiger partial charge >= 0.3 is 0 Å². The number of nitrogens with one attached hydrogen (secondary N) is 2. The summed E-state index contributed by atoms with van der Waals surface area (Å²) in [5.74, 6) is 0.783. The van der Waals surface area contributed by atoms with Gasteiger partial charge in [0.2, 0.25) is 0 Å². The summed E-state index contributed by atoms with van der Waals surface area (Å²) in [6.45, 7) is 8.69. The lowest BCUT2D eigenvalue weighted by atomic mass is 10.2. The summed E-state index contributed by atoms with van der Waals surface area (Å²) in [4.78, 5) is 14.4. The molecule has 1 fully saturated rings. The van der Waals surface area contributed by atoms with Crippen molar-refractivity contribution in [3.8, 4) is 5.75 Å². The second-order valence-electron chi connectivity index (χ2n) is 5.16. The first-order chi connectivity index (χ1) is 10.3. The highest BCUT2D eigenvalue weighted by atomic mass is 35.5. The zero-order chi connectivity index (χ0) is 14.9. The van der Waals surface area contributed by atoms with E-state index >= 15 is 0 Å². The van der Waals surface area contributed by atoms with Gasteiger partial charge in [-0.15, -0.1) is 12.4 Å². The number of amides is 1. The minimum atomic E-state index is -0.0154. The summed E-state index contributed by atoms with van der Waals surface area (Å²) < 4.78 is 5.36. The molecule has 0 saturated carbocycles. The van der Waals surface area contributed by atoms with Crippen molar-refractivity contribution in [1.82, 2.24) is 15.5 Å². The molecule has 5 nitrogen and oxygen atoms in total. The normalized spacial score (nSPS) is 15.0. The Kier molecular flexibility index (Phi) is 8.89. The Morgan fingerprint density at radius 3 is 2.59 bits per heavy atom. The Morgan fingerprint density at radius 2 is 1.95 bits per heavy atom. The molecule has 0 unspecified atom stereocenters. The molecule has 0 spiro atoms. The van der Waals surface area contributed by atoms with E-state index in [1.54, 1.807) is 12.1 Å². The molecule has 0 bridgehead atoms. The maximum absolute atomic E-state index is 12.0. The summed E-state index contributed by atoms with van der Waals surface area (Å²) in [7, 11) is 0. The van der Waals surface area contributed by atoms with Crippen LogP contribution < -0.4 is 15.4 Å². The highest BCUT2D eigenvalue weighted by molar-refractivity contribution is 5.94. The predicted octanol–water partition coefficient (Wildman–Crippen LogP) is 1.53. The maximum Gasteiger partial charge on any atom is 0.251 e. The molecule has 1 aliphatic heterocycles. The second-order valence-corrected chi connectivity index (χ2v) is 5.16. The Hall–Kier alpha value is -1.30. The van der Waals surface area contributed by atoms with Crippen molar-refractivity contribution in [3.05, 3.63) is 29.8 Å². The number of benzene rings is 1. The molecule has 2 N–H and O–H groups in total. The van der Waals surface area contributed by atoms with E-state index in [0.717, 1.165) is 51.4 Å². The molecule has 22 heavy (non-hydrogen) atoms. The van der Waals surface area contributed by atoms with Crippen LogP contribution in [0.2, 0.25) is 0 Å². The molecular weight excluding hydrogens is 302 g/mol. The minimum Gasteiger partial charge on any atom is -0.494 e. The quantitative estimate of drug-likeness (QED) is 0.746. The van der Waals surface area contributed by atoms with Crippen LogP contribution in [0, 0.1) is 0 Å². The second kappa shape index (κ2) is 10.4. The van der Waals surface area contributed by atoms with Crippen LogP contribution in [0.25, 0.3) is 0 Å². The Bertz CT molecular complexity index is 434. The minimum absolute atomic E-state index is 0. The fraction of sp³-hybridized carbons (Fsp3) is 0.562. The number of ether oxygens (including phenoxy) is 1. The van der Waals surface area contributed by atoms with Gasteiger partial charge in [-0.2, -0.15) is 0 Å². The van der Waals surface area contributed by atoms with E-state index in [2.05, 4.69) is 15.5 Å². The zero-order valence-electron chi connectivity index (χ0n) is 13.1. The largest absolute Gasteiger partial charge is 0.494 e. The fourth-order valence-corrected chi connectivity index (χ4v) is 2.41. The smallest absolute Gasteiger partial charge is 0.251 e. The zero-order valence-corrected chi connectivity index (χ0v) is 14.0. The van der Waals surface area contributed by atoms with Crippen LogP contribution >= 0.6 is 12.4 Å². The lowest BCUT2D eigenvalue weighted by Gasteiger charge is -2.27. The number of rotatable bonds is 7. The first kappa shape index (κ1) is 18.7. The van der Waals surface area contributed by atoms with Gasteiger partial charge in [0.15, 0.2) is 0 Å². The van der Waals surface area contributed by atoms with Gasteiger partial charge in [-0.1, -0.05) is 0 Å². The first-order valence-electron chi connectivity index (χ1n) is 7.73. The summed E-state index contributed by atoms with van der Waals surface area (Å²) in [5, 5.41) is 6.30. The number of carbonyl (C=O) groups excluding carboxylic acids is 1. The molecule has 0 aromatic heterocycles. The monoisotopic (exact) mass is 327 g/mol. The van der Waals surface area contributed by atoms with Crippen molar-refractivity contribution in [2.24, 2.45) is 0 Å². The molecule has 2 rings (SSSR count). The molecule has 1 saturated heterocycles. The molecule has 6 heteroatoms. The number of piperazine rings is 1. The average molecular weight is 328 g/mol. The van der Waals surface area contributed by atoms with E-state index in [4.69, 9.17) is 4.74 Å². The van der Waals surface area contributed by atoms with Gasteiger partial charge in [0.05, 0.1) is 6.61 Å². The molecule has 0 radical (unpaired) electrons. The van der Waals surface area contributed by atoms with Gasteiger partial charge in [-0.05, 0) is 44.2 Å². The van der Waals surface area contributed by atoms with E-state index in [-0.39, 0.29) is 18.3 Å². The van der Waals surface area contributed by atoms with Crippen LogP contribution in [-0.4, -0.2) is 56.7 Å². The maximum atomic E-state index is 12.0. The first-order valence-corrected chi connectivity index (χ1v) is 7.73. The van der Waals surface area contributed by atoms with Gasteiger partial charge in [-0.25, -0.2) is 0 Å². The number of carbonyl (C=O) groups is 1. The Morgan fingerprint density at radius 1 is 1.27 bits per heavy atom. The third-order valence-electron chi connectivity index (χ3n) is 3.57. The van der Waals surface area contributed by atoms with E-state index < -0.39 is 0 Å². The van der Waals surface area contributed by atoms with Gasteiger partial charge in [0.1, 0.15) is 5.75 Å². The van der Waals surface area contributed by atoms with Crippen LogP contribution in [0.3, 0.4) is 0 Å². The summed E-state index contributed by atoms with van der Waals surface area (Å²) >= 11 is 0. The lowest BCUT2D eigenvalue weighted by molar-refractivity contribution is 0.0951. The lowest BCUT2D eigenvalue weighted by Crippen LogP contribution is -2.44. The molecule has 0 aliphatic carbocycles. The van der Waals surface area contributed by atoms with E-state index in [0.29, 0.717) is 12.2 Å². The van der Waals surface area contributed by atoms with Crippen LogP contribution in [0.4, 0.5) is 0 Å². The van der Waals surface area contributed by atoms with Crippen LogP contribution in [0.15, 0.2) is 24.3 Å². The van der Waals surface area contributed by atoms with Crippen molar-refractivity contribution in [3.63, 3.8) is 0 Å². The number of halogens is 1. The Labute approximate surface area is 138 Å². The fourth-order valence-electron chi connectivity index (χ4n) is 2.41. The molecule has 1 aromatic carbocycles. The van der Waals surface area contributed by atoms with Crippen molar-refractivity contribution in [2.45, 2.75) is 13.3 Å². The standard InChI is InChI=1S/C16H25N3O2.ClH/c1-2-21-15-6-4-14(5-7-15)16(20)18-8-3-11-19-12-9-17-10-13-19;/h4-7,17H,2-3,8-13H2,1H3,(H,18,20);1H. The number of hydrogen-bond donors (Lipinski definition) is 2. The highest BCUT2D eigenvalue weighted by Gasteiger charge is 2.09. The SMILES string of the molecule is CCOc1ccc(C(=O)NCCCN2CCNCC2)cc1.Cl. The topological polar surface area (TPSA) is 53.6 Å². The third-order valence-corrected chi connectivity index (χ3v) is 3.57. The highest BCUT2D eigenvalue weighted by Crippen LogP contribution is 2.11. The van der Waals surface area contributed by atoms with Crippen molar-refractivity contribution in [1.29, 1.82) is 0 Å². The van der Waals surface area contributed by atoms with Crippen molar-refractivity contribution >= 4 is 18.3 Å². The van der Waals surface area contributed by atoms with Crippen molar-refractivity contribution < 1.29 is 9.53 Å². The van der Waals surface area contributed by atoms with Crippen LogP contribution in [0.5, 0.6) is 5.75 Å². The molecule has 1 aromatic rings. The number of nitrogens with zero attached hydrogens (tertiary/aromatic N) is 1. The van der Waals surface area contributed by atoms with Gasteiger partial charge in [0, 0.05) is 38.3 Å². The van der Waals surface area contributed by atoms with Crippen molar-refractivity contribution in [2.75, 3.05) is 45.9 Å². The summed E-state index contributed by atoms with van der Waals surface area (Å²) in [6.07, 6.45) is 0.989. The molecular formula is C16H26ClN3O2. The van der Waals surface area contributed by atoms with E-state index in [9.17, 15) is 4.79 Å².